The molecule has 0 saturated carbocycles. The summed E-state index contributed by atoms with van der Waals surface area (Å²) in [5.74, 6) is 1.18. The van der Waals surface area contributed by atoms with Crippen molar-refractivity contribution >= 4 is 33.3 Å². The van der Waals surface area contributed by atoms with Gasteiger partial charge in [-0.2, -0.15) is 5.26 Å². The number of nitrogens with one attached hydrogen (secondary N) is 1. The normalized spacial score (nSPS) is 9.79. The predicted molar refractivity (Wildman–Crippen MR) is 78.2 cm³/mol. The number of hydrogen-bond acceptors (Lipinski definition) is 5. The van der Waals surface area contributed by atoms with E-state index in [1.807, 2.05) is 31.3 Å². The molecule has 6 heteroatoms. The van der Waals surface area contributed by atoms with E-state index in [0.717, 1.165) is 10.2 Å². The van der Waals surface area contributed by atoms with Crippen molar-refractivity contribution < 1.29 is 0 Å². The van der Waals surface area contributed by atoms with Gasteiger partial charge in [-0.15, -0.1) is 0 Å². The van der Waals surface area contributed by atoms with Gasteiger partial charge in [0, 0.05) is 17.6 Å². The van der Waals surface area contributed by atoms with Gasteiger partial charge in [-0.3, -0.25) is 4.90 Å². The maximum atomic E-state index is 8.83. The highest BCUT2D eigenvalue weighted by atomic mass is 79.9. The molecule has 0 amide bonds. The molecule has 0 aliphatic carbocycles. The van der Waals surface area contributed by atoms with Crippen LogP contribution in [0.15, 0.2) is 35.1 Å². The van der Waals surface area contributed by atoms with Crippen molar-refractivity contribution in [3.63, 3.8) is 0 Å². The molecule has 1 N–H and O–H groups in total. The highest BCUT2D eigenvalue weighted by Gasteiger charge is 2.05. The number of halogens is 1. The molecule has 96 valence electrons. The molecule has 19 heavy (non-hydrogen) atoms. The third kappa shape index (κ3) is 3.20. The van der Waals surface area contributed by atoms with Crippen molar-refractivity contribution in [1.29, 1.82) is 5.26 Å². The van der Waals surface area contributed by atoms with E-state index >= 15 is 0 Å². The van der Waals surface area contributed by atoms with E-state index in [-0.39, 0.29) is 0 Å². The fraction of sp³-hybridized carbons (Fsp3) is 0.154. The van der Waals surface area contributed by atoms with Crippen LogP contribution in [0.4, 0.5) is 17.3 Å². The van der Waals surface area contributed by atoms with Crippen LogP contribution < -0.4 is 10.2 Å². The number of nitrogens with zero attached hydrogens (tertiary/aromatic N) is 4. The summed E-state index contributed by atoms with van der Waals surface area (Å²) in [6.45, 7) is 2.03. The Morgan fingerprint density at radius 3 is 2.79 bits per heavy atom. The Balaban J connectivity index is 2.26. The van der Waals surface area contributed by atoms with Gasteiger partial charge in [0.1, 0.15) is 18.0 Å². The number of aromatic nitrogens is 2. The Bertz CT molecular complexity index is 635. The molecular weight excluding hydrogens is 306 g/mol. The molecule has 0 aliphatic heterocycles. The zero-order valence-electron chi connectivity index (χ0n) is 10.6. The molecule has 0 aliphatic rings. The van der Waals surface area contributed by atoms with Gasteiger partial charge < -0.3 is 5.32 Å². The second-order valence-corrected chi connectivity index (χ2v) is 4.88. The fourth-order valence-corrected chi connectivity index (χ4v) is 2.10. The molecular formula is C13H12BrN5. The van der Waals surface area contributed by atoms with Crippen molar-refractivity contribution in [2.75, 3.05) is 17.3 Å². The van der Waals surface area contributed by atoms with Crippen LogP contribution in [0.2, 0.25) is 0 Å². The lowest BCUT2D eigenvalue weighted by Crippen LogP contribution is -2.10. The van der Waals surface area contributed by atoms with Gasteiger partial charge in [-0.05, 0) is 40.5 Å². The SMILES string of the molecule is Cc1ccc(Nc2cc(N(C)C#N)ncn2)c(Br)c1. The van der Waals surface area contributed by atoms with Gasteiger partial charge >= 0.3 is 0 Å². The van der Waals surface area contributed by atoms with Crippen molar-refractivity contribution in [2.24, 2.45) is 0 Å². The number of anilines is 3. The van der Waals surface area contributed by atoms with Crippen LogP contribution in [0.5, 0.6) is 0 Å². The Kier molecular flexibility index (Phi) is 3.97. The van der Waals surface area contributed by atoms with Gasteiger partial charge in [0.2, 0.25) is 0 Å². The summed E-state index contributed by atoms with van der Waals surface area (Å²) < 4.78 is 0.960. The average molecular weight is 318 g/mol. The zero-order chi connectivity index (χ0) is 13.8. The van der Waals surface area contributed by atoms with Crippen LogP contribution in [0.3, 0.4) is 0 Å². The van der Waals surface area contributed by atoms with E-state index in [0.29, 0.717) is 11.6 Å². The highest BCUT2D eigenvalue weighted by Crippen LogP contribution is 2.26. The van der Waals surface area contributed by atoms with Crippen LogP contribution in [0, 0.1) is 18.4 Å². The zero-order valence-corrected chi connectivity index (χ0v) is 12.1. The van der Waals surface area contributed by atoms with Crippen molar-refractivity contribution in [2.45, 2.75) is 6.92 Å². The smallest absolute Gasteiger partial charge is 0.185 e. The molecule has 1 aromatic heterocycles. The minimum Gasteiger partial charge on any atom is -0.339 e. The topological polar surface area (TPSA) is 64.8 Å². The van der Waals surface area contributed by atoms with Crippen molar-refractivity contribution in [3.05, 3.63) is 40.6 Å². The van der Waals surface area contributed by atoms with E-state index in [9.17, 15) is 0 Å². The lowest BCUT2D eigenvalue weighted by atomic mass is 10.2. The quantitative estimate of drug-likeness (QED) is 0.695. The molecule has 0 radical (unpaired) electrons. The molecule has 1 heterocycles. The lowest BCUT2D eigenvalue weighted by molar-refractivity contribution is 1.08. The Morgan fingerprint density at radius 1 is 1.32 bits per heavy atom. The van der Waals surface area contributed by atoms with Crippen LogP contribution in [-0.4, -0.2) is 17.0 Å². The number of nitriles is 1. The predicted octanol–water partition coefficient (Wildman–Crippen LogP) is 3.21. The molecule has 5 nitrogen and oxygen atoms in total. The first-order chi connectivity index (χ1) is 9.10. The summed E-state index contributed by atoms with van der Waals surface area (Å²) in [5, 5.41) is 12.0. The molecule has 0 unspecified atom stereocenters. The number of hydrogen-bond donors (Lipinski definition) is 1. The Morgan fingerprint density at radius 2 is 2.11 bits per heavy atom. The monoisotopic (exact) mass is 317 g/mol. The van der Waals surface area contributed by atoms with Gasteiger partial charge in [0.15, 0.2) is 6.19 Å². The van der Waals surface area contributed by atoms with Gasteiger partial charge in [0.05, 0.1) is 5.69 Å². The van der Waals surface area contributed by atoms with Crippen molar-refractivity contribution in [1.82, 2.24) is 9.97 Å². The number of rotatable bonds is 3. The molecule has 0 bridgehead atoms. The summed E-state index contributed by atoms with van der Waals surface area (Å²) in [6, 6.07) is 7.72. The minimum atomic E-state index is 0.545. The third-order valence-electron chi connectivity index (χ3n) is 2.53. The molecule has 0 spiro atoms. The van der Waals surface area contributed by atoms with Crippen LogP contribution in [0.25, 0.3) is 0 Å². The molecule has 0 atom stereocenters. The second kappa shape index (κ2) is 5.67. The van der Waals surface area contributed by atoms with E-state index in [1.54, 1.807) is 13.1 Å². The maximum Gasteiger partial charge on any atom is 0.185 e. The molecule has 2 aromatic rings. The maximum absolute atomic E-state index is 8.83. The second-order valence-electron chi connectivity index (χ2n) is 4.03. The lowest BCUT2D eigenvalue weighted by Gasteiger charge is -2.11. The molecule has 1 aromatic carbocycles. The Hall–Kier alpha value is -2.13. The van der Waals surface area contributed by atoms with Gasteiger partial charge in [0.25, 0.3) is 0 Å². The number of benzene rings is 1. The summed E-state index contributed by atoms with van der Waals surface area (Å²) in [7, 11) is 1.65. The van der Waals surface area contributed by atoms with E-state index in [2.05, 4.69) is 31.2 Å². The standard InChI is InChI=1S/C13H12BrN5/c1-9-3-4-11(10(14)5-9)18-12-6-13(17-8-16-12)19(2)7-15/h3-6,8H,1-2H3,(H,16,17,18). The first-order valence-corrected chi connectivity index (χ1v) is 6.38. The van der Waals surface area contributed by atoms with Crippen LogP contribution in [0.1, 0.15) is 5.56 Å². The largest absolute Gasteiger partial charge is 0.339 e. The van der Waals surface area contributed by atoms with Gasteiger partial charge in [-0.25, -0.2) is 9.97 Å². The highest BCUT2D eigenvalue weighted by molar-refractivity contribution is 9.10. The molecule has 0 fully saturated rings. The molecule has 2 rings (SSSR count). The van der Waals surface area contributed by atoms with E-state index in [1.165, 1.54) is 16.8 Å². The molecule has 0 saturated heterocycles. The summed E-state index contributed by atoms with van der Waals surface area (Å²) >= 11 is 3.50. The summed E-state index contributed by atoms with van der Waals surface area (Å²) in [4.78, 5) is 9.54. The third-order valence-corrected chi connectivity index (χ3v) is 3.19. The average Bonchev–Trinajstić information content (AvgIpc) is 2.41. The van der Waals surface area contributed by atoms with Crippen LogP contribution >= 0.6 is 15.9 Å². The first-order valence-electron chi connectivity index (χ1n) is 5.59. The van der Waals surface area contributed by atoms with E-state index in [4.69, 9.17) is 5.26 Å². The Labute approximate surface area is 120 Å². The van der Waals surface area contributed by atoms with Crippen molar-refractivity contribution in [3.8, 4) is 6.19 Å². The minimum absolute atomic E-state index is 0.545. The van der Waals surface area contributed by atoms with Crippen LogP contribution in [-0.2, 0) is 0 Å². The first kappa shape index (κ1) is 13.3. The van der Waals surface area contributed by atoms with E-state index < -0.39 is 0 Å². The number of aryl methyl sites for hydroxylation is 1. The van der Waals surface area contributed by atoms with Gasteiger partial charge in [-0.1, -0.05) is 6.07 Å². The summed E-state index contributed by atoms with van der Waals surface area (Å²) in [5.41, 5.74) is 2.08. The summed E-state index contributed by atoms with van der Waals surface area (Å²) in [6.07, 6.45) is 3.42. The fourth-order valence-electron chi connectivity index (χ4n) is 1.51.